The molecular weight excluding hydrogens is 925 g/mol. The Balaban J connectivity index is 1.20. The monoisotopic (exact) mass is 1010 g/mol. The summed E-state index contributed by atoms with van der Waals surface area (Å²) in [5, 5.41) is 76.9. The third-order valence-corrected chi connectivity index (χ3v) is 16.5. The smallest absolute Gasteiger partial charge is 0.309 e. The summed E-state index contributed by atoms with van der Waals surface area (Å²) in [6, 6.07) is 7.41. The molecule has 18 atom stereocenters. The van der Waals surface area contributed by atoms with Crippen LogP contribution in [0.5, 0.6) is 0 Å². The Morgan fingerprint density at radius 3 is 2.29 bits per heavy atom. The Labute approximate surface area is 427 Å². The fraction of sp³-hybridized carbons (Fsp3) is 0.792. The van der Waals surface area contributed by atoms with Crippen LogP contribution in [-0.4, -0.2) is 190 Å². The maximum absolute atomic E-state index is 14.6. The Morgan fingerprint density at radius 1 is 0.931 bits per heavy atom. The van der Waals surface area contributed by atoms with E-state index in [1.54, 1.807) is 45.7 Å². The molecule has 0 saturated carbocycles. The molecule has 3 aromatic rings. The van der Waals surface area contributed by atoms with Crippen LogP contribution in [0.15, 0.2) is 42.9 Å². The largest absolute Gasteiger partial charge is 0.459 e. The number of aromatic nitrogens is 6. The molecule has 1 unspecified atom stereocenters. The number of aliphatic hydroxyl groups excluding tert-OH is 3. The van der Waals surface area contributed by atoms with Crippen molar-refractivity contribution in [3.63, 3.8) is 0 Å². The van der Waals surface area contributed by atoms with E-state index < -0.39 is 95.6 Å². The minimum absolute atomic E-state index is 0.162. The molecule has 3 fully saturated rings. The lowest BCUT2D eigenvalue weighted by atomic mass is 9.68. The van der Waals surface area contributed by atoms with Crippen LogP contribution >= 0.6 is 0 Å². The SMILES string of the molecule is CC[C@H]1OC(=O)[C@H](C)C([C@H]2C[C@@](C)(OC)[C@@H](O)[C@H](C)O2)[C@H](C)[C@@H](O[C@@H]2O[C@H](C)C[C@H](N(C)CCc3cn(CCCCc4ccc(-n5ccnn5)cc4)nn3)[C@H]2O)[C@](C)(O)C[C@@H](C)CN(C)[C@H](C)[C@@H](O)[C@]1(C)O. The molecule has 0 aliphatic carbocycles. The van der Waals surface area contributed by atoms with Crippen molar-refractivity contribution in [1.82, 2.24) is 39.8 Å². The quantitative estimate of drug-likeness (QED) is 0.107. The molecule has 0 amide bonds. The number of nitrogens with zero attached hydrogens (tertiary/aromatic N) is 8. The van der Waals surface area contributed by atoms with Crippen molar-refractivity contribution < 1.29 is 54.0 Å². The van der Waals surface area contributed by atoms with E-state index in [-0.39, 0.29) is 37.3 Å². The summed E-state index contributed by atoms with van der Waals surface area (Å²) >= 11 is 0. The number of carbonyl (C=O) groups is 1. The molecule has 0 radical (unpaired) electrons. The Kier molecular flexibility index (Phi) is 19.6. The van der Waals surface area contributed by atoms with Gasteiger partial charge in [0.2, 0.25) is 0 Å². The van der Waals surface area contributed by atoms with Crippen LogP contribution in [0.2, 0.25) is 0 Å². The molecule has 6 rings (SSSR count). The Hall–Kier alpha value is -3.47. The number of rotatable bonds is 15. The van der Waals surface area contributed by atoms with Gasteiger partial charge in [-0.25, -0.2) is 4.68 Å². The van der Waals surface area contributed by atoms with Gasteiger partial charge in [0, 0.05) is 63.8 Å². The van der Waals surface area contributed by atoms with Crippen LogP contribution in [0, 0.1) is 23.7 Å². The molecule has 0 bridgehead atoms. The zero-order valence-corrected chi connectivity index (χ0v) is 45.2. The summed E-state index contributed by atoms with van der Waals surface area (Å²) in [6.45, 7) is 19.8. The third-order valence-electron chi connectivity index (χ3n) is 16.5. The highest BCUT2D eigenvalue weighted by molar-refractivity contribution is 5.73. The minimum atomic E-state index is -1.81. The standard InChI is InChI=1S/C53H88N8O11/c1-14-43-53(10,67)46(63)36(6)59(12)30-32(2)28-51(8,66)48(34(4)44(35(5)49(65)71-43)42-29-52(9,68-13)47(64)37(7)70-42)72-50-45(62)41(27-33(3)69-50)58(11)25-22-39-31-60(57-55-39)24-16-15-17-38-18-20-40(21-19-38)61-26-23-54-56-61/h18-21,23,26,31-37,41-48,50,62-64,66-67H,14-17,22,24-25,27-30H2,1-13H3/t32-,33-,34+,35-,36-,37+,41+,42-,43-,44?,45-,46-,47+,48-,50+,51-,52-,53-/m1/s1. The fourth-order valence-electron chi connectivity index (χ4n) is 12.0. The fourth-order valence-corrected chi connectivity index (χ4v) is 12.0. The average molecular weight is 1010 g/mol. The van der Waals surface area contributed by atoms with Gasteiger partial charge in [0.05, 0.1) is 65.3 Å². The first-order valence-electron chi connectivity index (χ1n) is 26.4. The van der Waals surface area contributed by atoms with Gasteiger partial charge in [-0.15, -0.1) is 10.2 Å². The van der Waals surface area contributed by atoms with Gasteiger partial charge in [0.15, 0.2) is 6.29 Å². The van der Waals surface area contributed by atoms with Crippen molar-refractivity contribution in [2.24, 2.45) is 23.7 Å². The molecule has 3 aliphatic heterocycles. The second kappa shape index (κ2) is 24.5. The van der Waals surface area contributed by atoms with Crippen LogP contribution < -0.4 is 0 Å². The highest BCUT2D eigenvalue weighted by Crippen LogP contribution is 2.45. The number of benzene rings is 1. The number of hydrogen-bond acceptors (Lipinski definition) is 17. The van der Waals surface area contributed by atoms with Gasteiger partial charge in [-0.2, -0.15) is 0 Å². The Bertz CT molecular complexity index is 2130. The van der Waals surface area contributed by atoms with E-state index in [2.05, 4.69) is 37.7 Å². The molecule has 5 N–H and O–H groups in total. The van der Waals surface area contributed by atoms with Crippen LogP contribution in [0.1, 0.15) is 119 Å². The van der Waals surface area contributed by atoms with E-state index in [9.17, 15) is 30.3 Å². The van der Waals surface area contributed by atoms with E-state index in [1.165, 1.54) is 12.5 Å². The van der Waals surface area contributed by atoms with E-state index >= 15 is 0 Å². The number of carbonyl (C=O) groups excluding carboxylic acids is 1. The van der Waals surface area contributed by atoms with Crippen molar-refractivity contribution in [2.45, 2.75) is 211 Å². The van der Waals surface area contributed by atoms with Gasteiger partial charge in [0.1, 0.15) is 30.0 Å². The number of methoxy groups -OCH3 is 1. The summed E-state index contributed by atoms with van der Waals surface area (Å²) in [4.78, 5) is 18.7. The molecule has 2 aromatic heterocycles. The molecule has 19 nitrogen and oxygen atoms in total. The number of aliphatic hydroxyl groups is 5. The molecule has 19 heteroatoms. The molecule has 3 aliphatic rings. The number of ether oxygens (including phenoxy) is 5. The van der Waals surface area contributed by atoms with E-state index in [0.29, 0.717) is 25.9 Å². The predicted molar refractivity (Wildman–Crippen MR) is 270 cm³/mol. The van der Waals surface area contributed by atoms with Gasteiger partial charge >= 0.3 is 5.97 Å². The maximum atomic E-state index is 14.6. The second-order valence-corrected chi connectivity index (χ2v) is 22.5. The third kappa shape index (κ3) is 13.5. The number of aryl methyl sites for hydroxylation is 2. The average Bonchev–Trinajstić information content (AvgIpc) is 4.05. The van der Waals surface area contributed by atoms with Crippen molar-refractivity contribution >= 4 is 5.97 Å². The summed E-state index contributed by atoms with van der Waals surface area (Å²) in [5.74, 6) is -3.09. The summed E-state index contributed by atoms with van der Waals surface area (Å²) < 4.78 is 35.9. The first-order chi connectivity index (χ1) is 33.9. The summed E-state index contributed by atoms with van der Waals surface area (Å²) in [5.41, 5.74) is -1.35. The van der Waals surface area contributed by atoms with Gasteiger partial charge in [0.25, 0.3) is 0 Å². The number of hydrogen-bond donors (Lipinski definition) is 5. The molecular formula is C53H88N8O11. The second-order valence-electron chi connectivity index (χ2n) is 22.5. The molecule has 72 heavy (non-hydrogen) atoms. The van der Waals surface area contributed by atoms with Crippen LogP contribution in [0.25, 0.3) is 5.69 Å². The van der Waals surface area contributed by atoms with Gasteiger partial charge in [-0.1, -0.05) is 50.3 Å². The van der Waals surface area contributed by atoms with E-state index in [0.717, 1.165) is 37.2 Å². The van der Waals surface area contributed by atoms with Crippen LogP contribution in [0.3, 0.4) is 0 Å². The molecule has 0 spiro atoms. The lowest BCUT2D eigenvalue weighted by Gasteiger charge is -2.51. The normalized spacial score (nSPS) is 39.1. The first-order valence-corrected chi connectivity index (χ1v) is 26.4. The number of cyclic esters (lactones) is 1. The molecule has 3 saturated heterocycles. The highest BCUT2D eigenvalue weighted by atomic mass is 16.7. The van der Waals surface area contributed by atoms with Crippen LogP contribution in [0.4, 0.5) is 0 Å². The van der Waals surface area contributed by atoms with Crippen molar-refractivity contribution in [1.29, 1.82) is 0 Å². The zero-order chi connectivity index (χ0) is 52.9. The van der Waals surface area contributed by atoms with E-state index in [1.807, 2.05) is 82.8 Å². The first kappa shape index (κ1) is 57.8. The molecule has 5 heterocycles. The maximum Gasteiger partial charge on any atom is 0.309 e. The number of esters is 1. The molecule has 1 aromatic carbocycles. The lowest BCUT2D eigenvalue weighted by Crippen LogP contribution is -2.62. The number of unbranched alkanes of at least 4 members (excludes halogenated alkanes) is 1. The van der Waals surface area contributed by atoms with Crippen molar-refractivity contribution in [3.8, 4) is 5.69 Å². The summed E-state index contributed by atoms with van der Waals surface area (Å²) in [6.07, 6.45) is 1.78. The lowest BCUT2D eigenvalue weighted by molar-refractivity contribution is -0.302. The molecule has 406 valence electrons. The van der Waals surface area contributed by atoms with Gasteiger partial charge in [-0.05, 0) is 124 Å². The van der Waals surface area contributed by atoms with Crippen molar-refractivity contribution in [3.05, 3.63) is 54.1 Å². The van der Waals surface area contributed by atoms with Crippen molar-refractivity contribution in [2.75, 3.05) is 34.3 Å². The summed E-state index contributed by atoms with van der Waals surface area (Å²) in [7, 11) is 5.37. The van der Waals surface area contributed by atoms with Gasteiger partial charge in [-0.3, -0.25) is 9.48 Å². The van der Waals surface area contributed by atoms with Gasteiger partial charge < -0.3 is 59.0 Å². The number of likely N-dealkylation sites (N-methyl/N-ethyl adjacent to an activating group) is 2. The highest BCUT2D eigenvalue weighted by Gasteiger charge is 2.55. The van der Waals surface area contributed by atoms with Crippen LogP contribution in [-0.2, 0) is 47.9 Å². The van der Waals surface area contributed by atoms with E-state index in [4.69, 9.17) is 23.7 Å². The Morgan fingerprint density at radius 2 is 1.64 bits per heavy atom. The topological polar surface area (TPSA) is 232 Å². The predicted octanol–water partition coefficient (Wildman–Crippen LogP) is 3.98. The minimum Gasteiger partial charge on any atom is -0.459 e. The zero-order valence-electron chi connectivity index (χ0n) is 45.2.